The highest BCUT2D eigenvalue weighted by molar-refractivity contribution is 5.92. The van der Waals surface area contributed by atoms with E-state index in [0.717, 1.165) is 43.3 Å². The molecule has 1 amide bonds. The zero-order chi connectivity index (χ0) is 21.6. The molecule has 164 valence electrons. The summed E-state index contributed by atoms with van der Waals surface area (Å²) < 4.78 is 7.61. The molecule has 1 atom stereocenters. The lowest BCUT2D eigenvalue weighted by atomic mass is 9.96. The van der Waals surface area contributed by atoms with Crippen LogP contribution in [-0.4, -0.2) is 46.6 Å². The zero-order valence-corrected chi connectivity index (χ0v) is 17.7. The van der Waals surface area contributed by atoms with E-state index in [0.29, 0.717) is 23.9 Å². The number of nitrogens with one attached hydrogen (secondary N) is 3. The number of aliphatic hydroxyl groups excluding tert-OH is 1. The van der Waals surface area contributed by atoms with Crippen LogP contribution in [-0.2, 0) is 0 Å². The smallest absolute Gasteiger partial charge is 0.326 e. The van der Waals surface area contributed by atoms with E-state index < -0.39 is 6.23 Å². The van der Waals surface area contributed by atoms with Gasteiger partial charge in [-0.2, -0.15) is 0 Å². The lowest BCUT2D eigenvalue weighted by Gasteiger charge is -2.28. The number of carbonyl (C=O) groups excluding carboxylic acids is 1. The highest BCUT2D eigenvalue weighted by atomic mass is 16.5. The number of hydrogen-bond acceptors (Lipinski definition) is 6. The average Bonchev–Trinajstić information content (AvgIpc) is 3.21. The number of fused-ring (bicyclic) bond motifs is 1. The van der Waals surface area contributed by atoms with Gasteiger partial charge in [0.2, 0.25) is 0 Å². The van der Waals surface area contributed by atoms with Crippen molar-refractivity contribution in [3.63, 3.8) is 0 Å². The molecule has 1 aliphatic heterocycles. The second kappa shape index (κ2) is 9.80. The molecular weight excluding hydrogens is 394 g/mol. The van der Waals surface area contributed by atoms with Crippen molar-refractivity contribution in [2.45, 2.75) is 32.4 Å². The van der Waals surface area contributed by atoms with Crippen molar-refractivity contribution in [1.29, 1.82) is 0 Å². The maximum atomic E-state index is 12.3. The second-order valence-electron chi connectivity index (χ2n) is 7.79. The molecule has 4 N–H and O–H groups in total. The fraction of sp³-hybridized carbons (Fsp3) is 0.391. The van der Waals surface area contributed by atoms with E-state index in [1.807, 2.05) is 31.2 Å². The second-order valence-corrected chi connectivity index (χ2v) is 7.79. The molecule has 0 saturated carbocycles. The van der Waals surface area contributed by atoms with Crippen LogP contribution < -0.4 is 20.7 Å². The van der Waals surface area contributed by atoms with Gasteiger partial charge in [-0.25, -0.2) is 9.78 Å². The van der Waals surface area contributed by atoms with Crippen LogP contribution >= 0.6 is 0 Å². The van der Waals surface area contributed by atoms with Crippen molar-refractivity contribution in [2.75, 3.05) is 25.0 Å². The van der Waals surface area contributed by atoms with Gasteiger partial charge in [0.05, 0.1) is 5.52 Å². The Labute approximate surface area is 181 Å². The lowest BCUT2D eigenvalue weighted by Crippen LogP contribution is -2.37. The molecule has 8 nitrogen and oxygen atoms in total. The number of piperidine rings is 1. The third-order valence-corrected chi connectivity index (χ3v) is 5.50. The lowest BCUT2D eigenvalue weighted by molar-refractivity contribution is 0.113. The molecule has 31 heavy (non-hydrogen) atoms. The van der Waals surface area contributed by atoms with Crippen LogP contribution in [0.15, 0.2) is 48.8 Å². The number of carbonyl (C=O) groups is 1. The van der Waals surface area contributed by atoms with Gasteiger partial charge in [-0.1, -0.05) is 6.92 Å². The monoisotopic (exact) mass is 423 g/mol. The Hall–Kier alpha value is -3.10. The van der Waals surface area contributed by atoms with Crippen LogP contribution in [0.1, 0.15) is 26.2 Å². The molecule has 3 aromatic rings. The Morgan fingerprint density at radius 2 is 2.06 bits per heavy atom. The molecule has 0 unspecified atom stereocenters. The summed E-state index contributed by atoms with van der Waals surface area (Å²) in [6, 6.07) is 10.9. The molecule has 2 aromatic heterocycles. The molecule has 4 rings (SSSR count). The maximum Gasteiger partial charge on any atom is 0.326 e. The molecule has 0 aliphatic carbocycles. The minimum atomic E-state index is -0.639. The number of amides is 1. The van der Waals surface area contributed by atoms with Crippen LogP contribution in [0.3, 0.4) is 0 Å². The highest BCUT2D eigenvalue weighted by Gasteiger charge is 2.21. The molecule has 1 aliphatic rings. The predicted molar refractivity (Wildman–Crippen MR) is 121 cm³/mol. The Bertz CT molecular complexity index is 1030. The minimum absolute atomic E-state index is 0.136. The first-order chi connectivity index (χ1) is 15.1. The Morgan fingerprint density at radius 1 is 1.26 bits per heavy atom. The fourth-order valence-corrected chi connectivity index (χ4v) is 3.80. The van der Waals surface area contributed by atoms with E-state index in [-0.39, 0.29) is 11.9 Å². The van der Waals surface area contributed by atoms with Crippen molar-refractivity contribution in [3.05, 3.63) is 48.8 Å². The van der Waals surface area contributed by atoms with E-state index in [9.17, 15) is 9.90 Å². The summed E-state index contributed by atoms with van der Waals surface area (Å²) in [5.41, 5.74) is 0.822. The molecule has 0 radical (unpaired) electrons. The number of anilines is 1. The third kappa shape index (κ3) is 5.15. The number of nitrogens with zero attached hydrogens (tertiary/aromatic N) is 2. The first-order valence-corrected chi connectivity index (χ1v) is 10.8. The van der Waals surface area contributed by atoms with Gasteiger partial charge in [-0.3, -0.25) is 4.57 Å². The summed E-state index contributed by atoms with van der Waals surface area (Å²) in [5, 5.41) is 20.7. The molecule has 3 heterocycles. The summed E-state index contributed by atoms with van der Waals surface area (Å²) in [6.45, 7) is 4.51. The van der Waals surface area contributed by atoms with Crippen LogP contribution in [0.4, 0.5) is 10.6 Å². The molecule has 1 saturated heterocycles. The van der Waals surface area contributed by atoms with Crippen molar-refractivity contribution in [1.82, 2.24) is 20.2 Å². The molecule has 1 aromatic carbocycles. The van der Waals surface area contributed by atoms with E-state index in [1.165, 1.54) is 0 Å². The molecule has 1 fully saturated rings. The van der Waals surface area contributed by atoms with Gasteiger partial charge in [-0.05, 0) is 62.7 Å². The van der Waals surface area contributed by atoms with Gasteiger partial charge in [0, 0.05) is 36.3 Å². The van der Waals surface area contributed by atoms with Gasteiger partial charge >= 0.3 is 6.03 Å². The summed E-state index contributed by atoms with van der Waals surface area (Å²) >= 11 is 0. The summed E-state index contributed by atoms with van der Waals surface area (Å²) in [5.74, 6) is 2.06. The van der Waals surface area contributed by atoms with Gasteiger partial charge in [0.15, 0.2) is 0 Å². The van der Waals surface area contributed by atoms with Gasteiger partial charge in [0.25, 0.3) is 0 Å². The summed E-state index contributed by atoms with van der Waals surface area (Å²) in [6.07, 6.45) is 5.53. The average molecular weight is 424 g/mol. The zero-order valence-electron chi connectivity index (χ0n) is 17.7. The van der Waals surface area contributed by atoms with Gasteiger partial charge < -0.3 is 25.8 Å². The van der Waals surface area contributed by atoms with Crippen molar-refractivity contribution in [3.8, 4) is 11.5 Å². The minimum Gasteiger partial charge on any atom is -0.457 e. The molecular formula is C23H29N5O3. The Morgan fingerprint density at radius 3 is 2.87 bits per heavy atom. The normalized spacial score (nSPS) is 15.5. The van der Waals surface area contributed by atoms with E-state index >= 15 is 0 Å². The number of ether oxygens (including phenoxy) is 1. The number of aromatic nitrogens is 2. The van der Waals surface area contributed by atoms with Crippen molar-refractivity contribution < 1.29 is 14.6 Å². The third-order valence-electron chi connectivity index (χ3n) is 5.50. The van der Waals surface area contributed by atoms with Gasteiger partial charge in [0.1, 0.15) is 23.5 Å². The first kappa shape index (κ1) is 21.1. The number of rotatable bonds is 7. The van der Waals surface area contributed by atoms with E-state index in [1.54, 1.807) is 29.1 Å². The van der Waals surface area contributed by atoms with Crippen molar-refractivity contribution in [2.24, 2.45) is 5.92 Å². The van der Waals surface area contributed by atoms with Crippen LogP contribution in [0, 0.1) is 5.92 Å². The van der Waals surface area contributed by atoms with Crippen LogP contribution in [0.5, 0.6) is 11.5 Å². The Kier molecular flexibility index (Phi) is 6.69. The molecule has 0 spiro atoms. The Balaban J connectivity index is 1.44. The summed E-state index contributed by atoms with van der Waals surface area (Å²) in [7, 11) is 0. The first-order valence-electron chi connectivity index (χ1n) is 10.8. The quantitative estimate of drug-likeness (QED) is 0.434. The van der Waals surface area contributed by atoms with Crippen molar-refractivity contribution >= 4 is 22.8 Å². The van der Waals surface area contributed by atoms with E-state index in [2.05, 4.69) is 20.9 Å². The maximum absolute atomic E-state index is 12.3. The van der Waals surface area contributed by atoms with Gasteiger partial charge in [-0.15, -0.1) is 0 Å². The predicted octanol–water partition coefficient (Wildman–Crippen LogP) is 3.53. The molecule has 8 heteroatoms. The standard InChI is InChI=1S/C23H29N5O3/c1-2-9-26-23(30)28-13-8-17-14-18(3-4-20(17)28)31-19-7-12-25-21(15-19)27-22(29)16-5-10-24-11-6-16/h3-4,7-8,12-16,22,24,29H,2,5-6,9-11H2,1H3,(H,25,27)(H,26,30)/t22-/m1/s1. The summed E-state index contributed by atoms with van der Waals surface area (Å²) in [4.78, 5) is 16.6. The number of aliphatic hydroxyl groups is 1. The largest absolute Gasteiger partial charge is 0.457 e. The number of benzene rings is 1. The number of pyridine rings is 1. The fourth-order valence-electron chi connectivity index (χ4n) is 3.80. The SMILES string of the molecule is CCCNC(=O)n1ccc2cc(Oc3ccnc(N[C@H](O)C4CCNCC4)c3)ccc21. The van der Waals surface area contributed by atoms with E-state index in [4.69, 9.17) is 4.74 Å². The molecule has 0 bridgehead atoms. The van der Waals surface area contributed by atoms with Crippen LogP contribution in [0.25, 0.3) is 10.9 Å². The highest BCUT2D eigenvalue weighted by Crippen LogP contribution is 2.28. The number of hydrogen-bond donors (Lipinski definition) is 4. The topological polar surface area (TPSA) is 100 Å². The van der Waals surface area contributed by atoms with Crippen LogP contribution in [0.2, 0.25) is 0 Å².